The van der Waals surface area contributed by atoms with E-state index in [9.17, 15) is 9.59 Å². The van der Waals surface area contributed by atoms with E-state index < -0.39 is 12.5 Å². The van der Waals surface area contributed by atoms with Crippen molar-refractivity contribution < 1.29 is 14.7 Å². The summed E-state index contributed by atoms with van der Waals surface area (Å²) in [6, 6.07) is 14.1. The predicted molar refractivity (Wildman–Crippen MR) is 84.8 cm³/mol. The summed E-state index contributed by atoms with van der Waals surface area (Å²) in [6.45, 7) is 1.86. The maximum absolute atomic E-state index is 12.7. The maximum atomic E-state index is 12.7. The van der Waals surface area contributed by atoms with Crippen LogP contribution in [0.2, 0.25) is 0 Å². The van der Waals surface area contributed by atoms with Gasteiger partial charge in [-0.25, -0.2) is 0 Å². The quantitative estimate of drug-likeness (QED) is 0.886. The van der Waals surface area contributed by atoms with E-state index in [4.69, 9.17) is 10.8 Å². The summed E-state index contributed by atoms with van der Waals surface area (Å²) in [5.41, 5.74) is 8.42. The summed E-state index contributed by atoms with van der Waals surface area (Å²) in [5, 5.41) is 9.08. The number of carbonyl (C=O) groups is 2. The molecule has 5 heteroatoms. The van der Waals surface area contributed by atoms with E-state index in [0.717, 1.165) is 11.1 Å². The third kappa shape index (κ3) is 3.71. The number of aliphatic carboxylic acids is 1. The topological polar surface area (TPSA) is 83.6 Å². The van der Waals surface area contributed by atoms with Gasteiger partial charge in [-0.15, -0.1) is 0 Å². The van der Waals surface area contributed by atoms with E-state index >= 15 is 0 Å². The molecule has 3 N–H and O–H groups in total. The third-order valence-corrected chi connectivity index (χ3v) is 3.29. The standard InChI is InChI=1S/C17H18N2O3/c1-12-5-7-15(8-6-12)19(11-16(20)21)17(22)14-4-2-3-13(9-14)10-18/h2-9H,10-11,18H2,1H3,(H,20,21). The molecule has 0 unspecified atom stereocenters. The van der Waals surface area contributed by atoms with Crippen LogP contribution < -0.4 is 10.6 Å². The molecule has 0 aliphatic carbocycles. The van der Waals surface area contributed by atoms with Gasteiger partial charge < -0.3 is 10.8 Å². The molecule has 2 rings (SSSR count). The van der Waals surface area contributed by atoms with Crippen molar-refractivity contribution in [3.05, 3.63) is 65.2 Å². The smallest absolute Gasteiger partial charge is 0.323 e. The number of carboxylic acid groups (broad SMARTS) is 1. The lowest BCUT2D eigenvalue weighted by Gasteiger charge is -2.21. The Balaban J connectivity index is 2.37. The average molecular weight is 298 g/mol. The van der Waals surface area contributed by atoms with Crippen molar-refractivity contribution in [2.24, 2.45) is 5.73 Å². The number of anilines is 1. The maximum Gasteiger partial charge on any atom is 0.323 e. The zero-order valence-corrected chi connectivity index (χ0v) is 12.3. The molecule has 0 saturated heterocycles. The second kappa shape index (κ2) is 6.87. The Morgan fingerprint density at radius 1 is 1.14 bits per heavy atom. The average Bonchev–Trinajstić information content (AvgIpc) is 2.53. The number of benzene rings is 2. The van der Waals surface area contributed by atoms with Gasteiger partial charge in [0.25, 0.3) is 5.91 Å². The summed E-state index contributed by atoms with van der Waals surface area (Å²) in [5.74, 6) is -1.43. The number of hydrogen-bond acceptors (Lipinski definition) is 3. The molecule has 0 bridgehead atoms. The van der Waals surface area contributed by atoms with Crippen LogP contribution in [-0.4, -0.2) is 23.5 Å². The van der Waals surface area contributed by atoms with Crippen LogP contribution in [0.25, 0.3) is 0 Å². The molecule has 2 aromatic rings. The van der Waals surface area contributed by atoms with E-state index in [1.165, 1.54) is 4.90 Å². The van der Waals surface area contributed by atoms with Gasteiger partial charge in [0.2, 0.25) is 0 Å². The highest BCUT2D eigenvalue weighted by atomic mass is 16.4. The summed E-state index contributed by atoms with van der Waals surface area (Å²) in [7, 11) is 0. The molecule has 5 nitrogen and oxygen atoms in total. The summed E-state index contributed by atoms with van der Waals surface area (Å²) in [4.78, 5) is 25.0. The minimum atomic E-state index is -1.07. The van der Waals surface area contributed by atoms with Crippen LogP contribution in [0.3, 0.4) is 0 Å². The van der Waals surface area contributed by atoms with Crippen molar-refractivity contribution in [3.63, 3.8) is 0 Å². The summed E-state index contributed by atoms with van der Waals surface area (Å²) in [6.07, 6.45) is 0. The molecule has 0 aliphatic rings. The van der Waals surface area contributed by atoms with Crippen LogP contribution in [-0.2, 0) is 11.3 Å². The predicted octanol–water partition coefficient (Wildman–Crippen LogP) is 2.19. The van der Waals surface area contributed by atoms with E-state index in [1.54, 1.807) is 30.3 Å². The lowest BCUT2D eigenvalue weighted by molar-refractivity contribution is -0.135. The largest absolute Gasteiger partial charge is 0.480 e. The van der Waals surface area contributed by atoms with Crippen molar-refractivity contribution in [1.29, 1.82) is 0 Å². The van der Waals surface area contributed by atoms with Gasteiger partial charge in [-0.3, -0.25) is 14.5 Å². The van der Waals surface area contributed by atoms with E-state index in [1.807, 2.05) is 25.1 Å². The molecule has 0 spiro atoms. The van der Waals surface area contributed by atoms with Crippen molar-refractivity contribution >= 4 is 17.6 Å². The van der Waals surface area contributed by atoms with Gasteiger partial charge in [-0.1, -0.05) is 29.8 Å². The number of aryl methyl sites for hydroxylation is 1. The Labute approximate surface area is 129 Å². The number of amides is 1. The van der Waals surface area contributed by atoms with Gasteiger partial charge in [-0.2, -0.15) is 0 Å². The highest BCUT2D eigenvalue weighted by Gasteiger charge is 2.20. The number of carbonyl (C=O) groups excluding carboxylic acids is 1. The minimum absolute atomic E-state index is 0.324. The van der Waals surface area contributed by atoms with Crippen molar-refractivity contribution in [2.45, 2.75) is 13.5 Å². The number of carboxylic acids is 1. The molecular formula is C17H18N2O3. The first-order valence-electron chi connectivity index (χ1n) is 6.90. The molecule has 0 saturated carbocycles. The highest BCUT2D eigenvalue weighted by molar-refractivity contribution is 6.08. The molecule has 0 fully saturated rings. The fourth-order valence-corrected chi connectivity index (χ4v) is 2.13. The third-order valence-electron chi connectivity index (χ3n) is 3.29. The lowest BCUT2D eigenvalue weighted by atomic mass is 10.1. The number of nitrogens with two attached hydrogens (primary N) is 1. The molecule has 0 radical (unpaired) electrons. The van der Waals surface area contributed by atoms with Crippen molar-refractivity contribution in [1.82, 2.24) is 0 Å². The van der Waals surface area contributed by atoms with Crippen molar-refractivity contribution in [2.75, 3.05) is 11.4 Å². The highest BCUT2D eigenvalue weighted by Crippen LogP contribution is 2.18. The fourth-order valence-electron chi connectivity index (χ4n) is 2.13. The second-order valence-corrected chi connectivity index (χ2v) is 5.03. The molecule has 2 aromatic carbocycles. The SMILES string of the molecule is Cc1ccc(N(CC(=O)O)C(=O)c2cccc(CN)c2)cc1. The first-order valence-corrected chi connectivity index (χ1v) is 6.90. The first kappa shape index (κ1) is 15.7. The lowest BCUT2D eigenvalue weighted by Crippen LogP contribution is -2.35. The molecule has 22 heavy (non-hydrogen) atoms. The Hall–Kier alpha value is -2.66. The van der Waals surface area contributed by atoms with Crippen molar-refractivity contribution in [3.8, 4) is 0 Å². The van der Waals surface area contributed by atoms with Crippen LogP contribution in [0.1, 0.15) is 21.5 Å². The first-order chi connectivity index (χ1) is 10.5. The van der Waals surface area contributed by atoms with Crippen LogP contribution in [0.5, 0.6) is 0 Å². The van der Waals surface area contributed by atoms with Gasteiger partial charge in [0.1, 0.15) is 6.54 Å². The Morgan fingerprint density at radius 3 is 2.41 bits per heavy atom. The monoisotopic (exact) mass is 298 g/mol. The Morgan fingerprint density at radius 2 is 1.82 bits per heavy atom. The molecule has 0 atom stereocenters. The number of rotatable bonds is 5. The minimum Gasteiger partial charge on any atom is -0.480 e. The second-order valence-electron chi connectivity index (χ2n) is 5.03. The molecular weight excluding hydrogens is 280 g/mol. The number of hydrogen-bond donors (Lipinski definition) is 2. The van der Waals surface area contributed by atoms with E-state index in [2.05, 4.69) is 0 Å². The fraction of sp³-hybridized carbons (Fsp3) is 0.176. The molecule has 0 heterocycles. The zero-order chi connectivity index (χ0) is 16.1. The van der Waals surface area contributed by atoms with Gasteiger partial charge in [-0.05, 0) is 36.8 Å². The van der Waals surface area contributed by atoms with E-state index in [-0.39, 0.29) is 5.91 Å². The normalized spacial score (nSPS) is 10.3. The molecule has 114 valence electrons. The van der Waals surface area contributed by atoms with Crippen LogP contribution >= 0.6 is 0 Å². The van der Waals surface area contributed by atoms with Gasteiger partial charge in [0.05, 0.1) is 0 Å². The molecule has 0 aromatic heterocycles. The van der Waals surface area contributed by atoms with Crippen LogP contribution in [0, 0.1) is 6.92 Å². The molecule has 1 amide bonds. The summed E-state index contributed by atoms with van der Waals surface area (Å²) >= 11 is 0. The van der Waals surface area contributed by atoms with Gasteiger partial charge >= 0.3 is 5.97 Å². The van der Waals surface area contributed by atoms with Crippen LogP contribution in [0.4, 0.5) is 5.69 Å². The van der Waals surface area contributed by atoms with Crippen LogP contribution in [0.15, 0.2) is 48.5 Å². The number of nitrogens with zero attached hydrogens (tertiary/aromatic N) is 1. The summed E-state index contributed by atoms with van der Waals surface area (Å²) < 4.78 is 0. The van der Waals surface area contributed by atoms with E-state index in [0.29, 0.717) is 17.8 Å². The van der Waals surface area contributed by atoms with Gasteiger partial charge in [0.15, 0.2) is 0 Å². The zero-order valence-electron chi connectivity index (χ0n) is 12.3. The van der Waals surface area contributed by atoms with Gasteiger partial charge in [0, 0.05) is 17.8 Å². The molecule has 0 aliphatic heterocycles. The Bertz CT molecular complexity index is 681. The Kier molecular flexibility index (Phi) is 4.91.